The summed E-state index contributed by atoms with van der Waals surface area (Å²) in [6.45, 7) is 0. The summed E-state index contributed by atoms with van der Waals surface area (Å²) in [4.78, 5) is 0. The Morgan fingerprint density at radius 2 is 0.609 bits per heavy atom. The van der Waals surface area contributed by atoms with E-state index in [0.717, 1.165) is 17.1 Å². The maximum atomic E-state index is 2.47. The van der Waals surface area contributed by atoms with E-state index in [-0.39, 0.29) is 0 Å². The van der Waals surface area contributed by atoms with Gasteiger partial charge in [0.1, 0.15) is 0 Å². The molecule has 4 heterocycles. The Bertz CT molecular complexity index is 4130. The van der Waals surface area contributed by atoms with Gasteiger partial charge in [0.05, 0.1) is 33.1 Å². The van der Waals surface area contributed by atoms with Crippen molar-refractivity contribution in [3.63, 3.8) is 0 Å². The molecule has 4 heteroatoms. The topological polar surface area (TPSA) is 14.8 Å². The fraction of sp³-hybridized carbons (Fsp3) is 0. The van der Waals surface area contributed by atoms with Crippen LogP contribution in [0.3, 0.4) is 0 Å². The standard InChI is InChI=1S/C60H37N3S/c1-3-13-38(14-4-1)39-23-28-55-48(33-39)49-34-40(24-29-56(49)61(55)42-15-5-2-6-16-42)41-25-30-57-50(35-41)51-36-43(62-53-20-10-7-17-45(53)46-18-8-11-21-54(46)62)26-31-58(51)63(57)44-27-32-60-52(37-44)47-19-9-12-22-59(47)64-60/h1-37H. The lowest BCUT2D eigenvalue weighted by Gasteiger charge is -2.11. The van der Waals surface area contributed by atoms with E-state index >= 15 is 0 Å². The molecule has 0 amide bonds. The number of aromatic nitrogens is 3. The smallest absolute Gasteiger partial charge is 0.0542 e. The summed E-state index contributed by atoms with van der Waals surface area (Å²) in [6.07, 6.45) is 0. The first kappa shape index (κ1) is 35.4. The second kappa shape index (κ2) is 13.7. The first-order valence-electron chi connectivity index (χ1n) is 21.9. The highest BCUT2D eigenvalue weighted by Crippen LogP contribution is 2.42. The van der Waals surface area contributed by atoms with Crippen LogP contribution in [-0.2, 0) is 0 Å². The average Bonchev–Trinajstić information content (AvgIpc) is 4.10. The van der Waals surface area contributed by atoms with Crippen LogP contribution in [0.25, 0.3) is 125 Å². The Labute approximate surface area is 372 Å². The van der Waals surface area contributed by atoms with E-state index in [9.17, 15) is 0 Å². The molecule has 0 atom stereocenters. The summed E-state index contributed by atoms with van der Waals surface area (Å²) >= 11 is 1.86. The zero-order chi connectivity index (χ0) is 41.9. The van der Waals surface area contributed by atoms with Gasteiger partial charge in [-0.15, -0.1) is 11.3 Å². The van der Waals surface area contributed by atoms with Crippen LogP contribution in [-0.4, -0.2) is 13.7 Å². The first-order valence-corrected chi connectivity index (χ1v) is 22.7. The van der Waals surface area contributed by atoms with Crippen LogP contribution < -0.4 is 0 Å². The Hall–Kier alpha value is -8.18. The van der Waals surface area contributed by atoms with Crippen molar-refractivity contribution in [3.8, 4) is 39.3 Å². The SMILES string of the molecule is c1ccc(-c2ccc3c(c2)c2cc(-c4ccc5c(c4)c4cc(-n6c7ccccc7c7ccccc76)ccc4n5-c4ccc5sc6ccccc6c5c4)ccc2n3-c2ccccc2)cc1. The van der Waals surface area contributed by atoms with Gasteiger partial charge in [-0.3, -0.25) is 0 Å². The average molecular weight is 832 g/mol. The van der Waals surface area contributed by atoms with Crippen molar-refractivity contribution in [2.24, 2.45) is 0 Å². The molecule has 4 aromatic heterocycles. The summed E-state index contributed by atoms with van der Waals surface area (Å²) in [5.74, 6) is 0. The fourth-order valence-electron chi connectivity index (χ4n) is 10.5. The molecular formula is C60H37N3S. The van der Waals surface area contributed by atoms with E-state index in [1.165, 1.54) is 108 Å². The molecule has 0 saturated carbocycles. The molecule has 0 N–H and O–H groups in total. The highest BCUT2D eigenvalue weighted by molar-refractivity contribution is 7.25. The number of nitrogens with zero attached hydrogens (tertiary/aromatic N) is 3. The number of hydrogen-bond acceptors (Lipinski definition) is 1. The molecule has 14 aromatic rings. The van der Waals surface area contributed by atoms with Crippen LogP contribution >= 0.6 is 11.3 Å². The molecule has 0 radical (unpaired) electrons. The molecule has 0 unspecified atom stereocenters. The van der Waals surface area contributed by atoms with Crippen molar-refractivity contribution in [1.29, 1.82) is 0 Å². The molecule has 0 bridgehead atoms. The number of fused-ring (bicyclic) bond motifs is 12. The van der Waals surface area contributed by atoms with Crippen LogP contribution in [0.15, 0.2) is 224 Å². The van der Waals surface area contributed by atoms with Gasteiger partial charge in [-0.2, -0.15) is 0 Å². The third-order valence-corrected chi connectivity index (χ3v) is 14.6. The fourth-order valence-corrected chi connectivity index (χ4v) is 11.6. The molecule has 0 spiro atoms. The van der Waals surface area contributed by atoms with E-state index in [1.54, 1.807) is 0 Å². The second-order valence-corrected chi connectivity index (χ2v) is 18.0. The number of para-hydroxylation sites is 3. The minimum Gasteiger partial charge on any atom is -0.309 e. The van der Waals surface area contributed by atoms with Gasteiger partial charge in [0.2, 0.25) is 0 Å². The normalized spacial score (nSPS) is 12.1. The quantitative estimate of drug-likeness (QED) is 0.164. The maximum absolute atomic E-state index is 2.47. The highest BCUT2D eigenvalue weighted by atomic mass is 32.1. The van der Waals surface area contributed by atoms with Crippen molar-refractivity contribution in [3.05, 3.63) is 224 Å². The van der Waals surface area contributed by atoms with Gasteiger partial charge in [0, 0.05) is 69.6 Å². The molecule has 0 aliphatic heterocycles. The summed E-state index contributed by atoms with van der Waals surface area (Å²) in [7, 11) is 0. The van der Waals surface area contributed by atoms with Crippen LogP contribution in [0.5, 0.6) is 0 Å². The van der Waals surface area contributed by atoms with Crippen LogP contribution in [0, 0.1) is 0 Å². The molecule has 0 saturated heterocycles. The Kier molecular flexibility index (Phi) is 7.56. The Balaban J connectivity index is 1.02. The van der Waals surface area contributed by atoms with Gasteiger partial charge in [-0.1, -0.05) is 121 Å². The van der Waals surface area contributed by atoms with Crippen molar-refractivity contribution >= 4 is 96.9 Å². The number of thiophene rings is 1. The molecule has 14 rings (SSSR count). The van der Waals surface area contributed by atoms with Gasteiger partial charge in [-0.25, -0.2) is 0 Å². The van der Waals surface area contributed by atoms with Gasteiger partial charge in [0.15, 0.2) is 0 Å². The number of rotatable bonds is 5. The van der Waals surface area contributed by atoms with E-state index in [2.05, 4.69) is 238 Å². The van der Waals surface area contributed by atoms with E-state index in [0.29, 0.717) is 0 Å². The van der Waals surface area contributed by atoms with Gasteiger partial charge >= 0.3 is 0 Å². The molecule has 0 aliphatic carbocycles. The molecule has 298 valence electrons. The summed E-state index contributed by atoms with van der Waals surface area (Å²) in [5, 5.41) is 10.1. The van der Waals surface area contributed by atoms with Gasteiger partial charge in [-0.05, 0) is 125 Å². The largest absolute Gasteiger partial charge is 0.309 e. The minimum atomic E-state index is 1.15. The molecular weight excluding hydrogens is 795 g/mol. The van der Waals surface area contributed by atoms with Crippen molar-refractivity contribution in [2.45, 2.75) is 0 Å². The molecule has 64 heavy (non-hydrogen) atoms. The molecule has 0 aliphatic rings. The lowest BCUT2D eigenvalue weighted by molar-refractivity contribution is 1.17. The lowest BCUT2D eigenvalue weighted by Crippen LogP contribution is -1.95. The summed E-state index contributed by atoms with van der Waals surface area (Å²) < 4.78 is 9.93. The predicted molar refractivity (Wildman–Crippen MR) is 273 cm³/mol. The lowest BCUT2D eigenvalue weighted by atomic mass is 9.99. The molecule has 0 fully saturated rings. The van der Waals surface area contributed by atoms with Crippen LogP contribution in [0.2, 0.25) is 0 Å². The third-order valence-electron chi connectivity index (χ3n) is 13.4. The van der Waals surface area contributed by atoms with E-state index in [1.807, 2.05) is 11.3 Å². The summed E-state index contributed by atoms with van der Waals surface area (Å²) in [5.41, 5.74) is 15.5. The molecule has 3 nitrogen and oxygen atoms in total. The van der Waals surface area contributed by atoms with Crippen molar-refractivity contribution in [1.82, 2.24) is 13.7 Å². The summed E-state index contributed by atoms with van der Waals surface area (Å²) in [6, 6.07) is 82.8. The maximum Gasteiger partial charge on any atom is 0.0542 e. The third kappa shape index (κ3) is 5.21. The van der Waals surface area contributed by atoms with Crippen LogP contribution in [0.1, 0.15) is 0 Å². The second-order valence-electron chi connectivity index (χ2n) is 16.9. The highest BCUT2D eigenvalue weighted by Gasteiger charge is 2.20. The van der Waals surface area contributed by atoms with E-state index in [4.69, 9.17) is 0 Å². The van der Waals surface area contributed by atoms with E-state index < -0.39 is 0 Å². The zero-order valence-electron chi connectivity index (χ0n) is 34.6. The first-order chi connectivity index (χ1) is 31.7. The van der Waals surface area contributed by atoms with Gasteiger partial charge in [0.25, 0.3) is 0 Å². The zero-order valence-corrected chi connectivity index (χ0v) is 35.4. The van der Waals surface area contributed by atoms with Crippen molar-refractivity contribution in [2.75, 3.05) is 0 Å². The monoisotopic (exact) mass is 831 g/mol. The minimum absolute atomic E-state index is 1.15. The Morgan fingerprint density at radius 3 is 1.20 bits per heavy atom. The Morgan fingerprint density at radius 1 is 0.219 bits per heavy atom. The molecule has 10 aromatic carbocycles. The van der Waals surface area contributed by atoms with Gasteiger partial charge < -0.3 is 13.7 Å². The number of hydrogen-bond donors (Lipinski definition) is 0. The van der Waals surface area contributed by atoms with Crippen molar-refractivity contribution < 1.29 is 0 Å². The number of benzene rings is 10. The van der Waals surface area contributed by atoms with Crippen LogP contribution in [0.4, 0.5) is 0 Å². The predicted octanol–water partition coefficient (Wildman–Crippen LogP) is 16.7.